The highest BCUT2D eigenvalue weighted by Crippen LogP contribution is 2.33. The molecule has 0 radical (unpaired) electrons. The molecule has 8 nitrogen and oxygen atoms in total. The third kappa shape index (κ3) is 4.13. The molecular weight excluding hydrogens is 410 g/mol. The zero-order valence-corrected chi connectivity index (χ0v) is 18.3. The van der Waals surface area contributed by atoms with Gasteiger partial charge >= 0.3 is 0 Å². The van der Waals surface area contributed by atoms with Crippen LogP contribution in [0.15, 0.2) is 16.6 Å². The molecule has 29 heavy (non-hydrogen) atoms. The van der Waals surface area contributed by atoms with Crippen LogP contribution < -0.4 is 4.90 Å². The van der Waals surface area contributed by atoms with E-state index in [0.717, 1.165) is 31.6 Å². The first-order valence-corrected chi connectivity index (χ1v) is 12.6. The lowest BCUT2D eigenvalue weighted by Gasteiger charge is -2.32. The number of likely N-dealkylation sites (tertiary alicyclic amines) is 1. The number of aromatic nitrogens is 3. The summed E-state index contributed by atoms with van der Waals surface area (Å²) in [5.74, 6) is 0.617. The van der Waals surface area contributed by atoms with Crippen LogP contribution in [0, 0.1) is 6.92 Å². The van der Waals surface area contributed by atoms with Crippen LogP contribution in [-0.2, 0) is 9.84 Å². The van der Waals surface area contributed by atoms with Gasteiger partial charge in [-0.05, 0) is 32.6 Å². The highest BCUT2D eigenvalue weighted by atomic mass is 32.2. The molecule has 1 amide bonds. The Morgan fingerprint density at radius 2 is 1.83 bits per heavy atom. The molecule has 4 heterocycles. The van der Waals surface area contributed by atoms with Crippen molar-refractivity contribution in [2.24, 2.45) is 0 Å². The SMILES string of the molecule is Cc1ncsc1C(=O)N1CCC(c2nc(N3CCCC3)ncc2S(C)(=O)=O)CC1. The normalized spacial score (nSPS) is 18.4. The molecule has 0 aliphatic carbocycles. The van der Waals surface area contributed by atoms with Gasteiger partial charge in [-0.2, -0.15) is 0 Å². The van der Waals surface area contributed by atoms with E-state index in [-0.39, 0.29) is 16.7 Å². The van der Waals surface area contributed by atoms with Gasteiger partial charge in [-0.25, -0.2) is 23.4 Å². The summed E-state index contributed by atoms with van der Waals surface area (Å²) in [6.07, 6.45) is 6.23. The third-order valence-corrected chi connectivity index (χ3v) is 7.70. The fourth-order valence-corrected chi connectivity index (χ4v) is 5.63. The molecule has 2 aromatic rings. The van der Waals surface area contributed by atoms with Crippen molar-refractivity contribution in [3.8, 4) is 0 Å². The lowest BCUT2D eigenvalue weighted by Crippen LogP contribution is -2.38. The Bertz CT molecular complexity index is 1010. The number of aryl methyl sites for hydroxylation is 1. The molecule has 2 aliphatic heterocycles. The topological polar surface area (TPSA) is 96.4 Å². The van der Waals surface area contributed by atoms with Gasteiger partial charge < -0.3 is 9.80 Å². The number of carbonyl (C=O) groups excluding carboxylic acids is 1. The maximum absolute atomic E-state index is 12.7. The van der Waals surface area contributed by atoms with Gasteiger partial charge in [-0.3, -0.25) is 4.79 Å². The maximum atomic E-state index is 12.7. The van der Waals surface area contributed by atoms with Crippen molar-refractivity contribution in [2.75, 3.05) is 37.3 Å². The zero-order chi connectivity index (χ0) is 20.6. The van der Waals surface area contributed by atoms with Crippen molar-refractivity contribution in [3.05, 3.63) is 28.0 Å². The number of sulfone groups is 1. The van der Waals surface area contributed by atoms with Crippen LogP contribution in [0.4, 0.5) is 5.95 Å². The van der Waals surface area contributed by atoms with Gasteiger partial charge in [0.05, 0.1) is 23.1 Å². The Hall–Kier alpha value is -2.07. The predicted octanol–water partition coefficient (Wildman–Crippen LogP) is 2.27. The van der Waals surface area contributed by atoms with Crippen molar-refractivity contribution in [2.45, 2.75) is 43.4 Å². The van der Waals surface area contributed by atoms with Crippen LogP contribution in [0.1, 0.15) is 52.7 Å². The summed E-state index contributed by atoms with van der Waals surface area (Å²) in [5, 5.41) is 0. The first-order chi connectivity index (χ1) is 13.8. The van der Waals surface area contributed by atoms with Crippen molar-refractivity contribution >= 4 is 33.0 Å². The Balaban J connectivity index is 1.56. The van der Waals surface area contributed by atoms with Crippen LogP contribution in [0.5, 0.6) is 0 Å². The minimum Gasteiger partial charge on any atom is -0.341 e. The van der Waals surface area contributed by atoms with E-state index in [1.54, 1.807) is 5.51 Å². The molecule has 0 saturated carbocycles. The van der Waals surface area contributed by atoms with Crippen molar-refractivity contribution < 1.29 is 13.2 Å². The maximum Gasteiger partial charge on any atom is 0.265 e. The number of anilines is 1. The average molecular weight is 436 g/mol. The molecule has 156 valence electrons. The highest BCUT2D eigenvalue weighted by Gasteiger charge is 2.31. The van der Waals surface area contributed by atoms with Crippen LogP contribution in [0.3, 0.4) is 0 Å². The van der Waals surface area contributed by atoms with Crippen LogP contribution >= 0.6 is 11.3 Å². The molecule has 2 aromatic heterocycles. The van der Waals surface area contributed by atoms with Gasteiger partial charge in [-0.1, -0.05) is 0 Å². The molecule has 0 spiro atoms. The first kappa shape index (κ1) is 20.2. The molecule has 2 aliphatic rings. The van der Waals surface area contributed by atoms with E-state index in [0.29, 0.717) is 42.5 Å². The molecular formula is C19H25N5O3S2. The summed E-state index contributed by atoms with van der Waals surface area (Å²) < 4.78 is 24.7. The van der Waals surface area contributed by atoms with Gasteiger partial charge in [0.1, 0.15) is 9.77 Å². The van der Waals surface area contributed by atoms with Gasteiger partial charge in [0.2, 0.25) is 5.95 Å². The minimum atomic E-state index is -3.42. The molecule has 0 atom stereocenters. The number of carbonyl (C=O) groups is 1. The van der Waals surface area contributed by atoms with Gasteiger partial charge in [-0.15, -0.1) is 11.3 Å². The lowest BCUT2D eigenvalue weighted by atomic mass is 9.93. The molecule has 2 saturated heterocycles. The lowest BCUT2D eigenvalue weighted by molar-refractivity contribution is 0.0715. The van der Waals surface area contributed by atoms with E-state index in [1.165, 1.54) is 23.8 Å². The fourth-order valence-electron chi connectivity index (χ4n) is 4.03. The Morgan fingerprint density at radius 3 is 2.41 bits per heavy atom. The summed E-state index contributed by atoms with van der Waals surface area (Å²) in [6, 6.07) is 0. The smallest absolute Gasteiger partial charge is 0.265 e. The van der Waals surface area contributed by atoms with Gasteiger partial charge in [0.15, 0.2) is 9.84 Å². The van der Waals surface area contributed by atoms with Crippen molar-refractivity contribution in [1.29, 1.82) is 0 Å². The van der Waals surface area contributed by atoms with E-state index < -0.39 is 9.84 Å². The van der Waals surface area contributed by atoms with Crippen LogP contribution in [-0.4, -0.2) is 66.6 Å². The number of rotatable bonds is 4. The second-order valence-corrected chi connectivity index (χ2v) is 10.6. The number of hydrogen-bond donors (Lipinski definition) is 0. The zero-order valence-electron chi connectivity index (χ0n) is 16.7. The van der Waals surface area contributed by atoms with E-state index in [2.05, 4.69) is 14.9 Å². The fraction of sp³-hybridized carbons (Fsp3) is 0.579. The van der Waals surface area contributed by atoms with Gasteiger partial charge in [0, 0.05) is 38.4 Å². The monoisotopic (exact) mass is 435 g/mol. The molecule has 0 N–H and O–H groups in total. The molecule has 0 aromatic carbocycles. The Labute approximate surface area is 174 Å². The van der Waals surface area contributed by atoms with E-state index in [4.69, 9.17) is 4.98 Å². The number of amides is 1. The van der Waals surface area contributed by atoms with Crippen molar-refractivity contribution in [3.63, 3.8) is 0 Å². The Kier molecular flexibility index (Phi) is 5.56. The molecule has 4 rings (SSSR count). The number of thiazole rings is 1. The number of nitrogens with zero attached hydrogens (tertiary/aromatic N) is 5. The van der Waals surface area contributed by atoms with Crippen molar-refractivity contribution in [1.82, 2.24) is 19.9 Å². The highest BCUT2D eigenvalue weighted by molar-refractivity contribution is 7.90. The van der Waals surface area contributed by atoms with Gasteiger partial charge in [0.25, 0.3) is 5.91 Å². The summed E-state index contributed by atoms with van der Waals surface area (Å²) in [4.78, 5) is 30.8. The molecule has 10 heteroatoms. The third-order valence-electron chi connectivity index (χ3n) is 5.67. The molecule has 0 unspecified atom stereocenters. The number of piperidine rings is 1. The van der Waals surface area contributed by atoms with Crippen LogP contribution in [0.2, 0.25) is 0 Å². The summed E-state index contributed by atoms with van der Waals surface area (Å²) in [7, 11) is -3.42. The number of hydrogen-bond acceptors (Lipinski definition) is 8. The van der Waals surface area contributed by atoms with Crippen LogP contribution in [0.25, 0.3) is 0 Å². The second kappa shape index (κ2) is 7.98. The average Bonchev–Trinajstić information content (AvgIpc) is 3.38. The van der Waals surface area contributed by atoms with E-state index >= 15 is 0 Å². The minimum absolute atomic E-state index is 0.00399. The predicted molar refractivity (Wildman–Crippen MR) is 111 cm³/mol. The first-order valence-electron chi connectivity index (χ1n) is 9.86. The summed E-state index contributed by atoms with van der Waals surface area (Å²) >= 11 is 1.36. The molecule has 2 fully saturated rings. The van der Waals surface area contributed by atoms with E-state index in [9.17, 15) is 13.2 Å². The second-order valence-electron chi connectivity index (χ2n) is 7.72. The van der Waals surface area contributed by atoms with E-state index in [1.807, 2.05) is 11.8 Å². The largest absolute Gasteiger partial charge is 0.341 e. The Morgan fingerprint density at radius 1 is 1.14 bits per heavy atom. The summed E-state index contributed by atoms with van der Waals surface area (Å²) in [5.41, 5.74) is 3.05. The standard InChI is InChI=1S/C19H25N5O3S2/c1-13-17(28-12-21-13)18(25)23-9-5-14(6-10-23)16-15(29(2,26)27)11-20-19(22-16)24-7-3-4-8-24/h11-12,14H,3-10H2,1-2H3. The quantitative estimate of drug-likeness (QED) is 0.727. The molecule has 0 bridgehead atoms. The summed E-state index contributed by atoms with van der Waals surface area (Å²) in [6.45, 7) is 4.80.